The average Bonchev–Trinajstić information content (AvgIpc) is 3.10. The number of hydrogen-bond donors (Lipinski definition) is 2. The minimum absolute atomic E-state index is 0.260. The van der Waals surface area contributed by atoms with Gasteiger partial charge >= 0.3 is 0 Å². The van der Waals surface area contributed by atoms with E-state index in [1.54, 1.807) is 0 Å². The summed E-state index contributed by atoms with van der Waals surface area (Å²) >= 11 is 0. The topological polar surface area (TPSA) is 68.3 Å². The highest BCUT2D eigenvalue weighted by atomic mass is 16.7. The van der Waals surface area contributed by atoms with Gasteiger partial charge in [-0.25, -0.2) is 9.97 Å². The summed E-state index contributed by atoms with van der Waals surface area (Å²) in [5, 5.41) is 6.56. The van der Waals surface area contributed by atoms with E-state index >= 15 is 0 Å². The van der Waals surface area contributed by atoms with Crippen molar-refractivity contribution >= 4 is 23.0 Å². The van der Waals surface area contributed by atoms with Gasteiger partial charge in [-0.1, -0.05) is 26.0 Å². The predicted octanol–water partition coefficient (Wildman–Crippen LogP) is 4.82. The number of fused-ring (bicyclic) bond motifs is 1. The number of anilines is 4. The van der Waals surface area contributed by atoms with E-state index in [9.17, 15) is 0 Å². The molecule has 6 nitrogen and oxygen atoms in total. The summed E-state index contributed by atoms with van der Waals surface area (Å²) in [6.07, 6.45) is 1.53. The number of rotatable bonds is 5. The van der Waals surface area contributed by atoms with Crippen molar-refractivity contribution in [1.82, 2.24) is 9.97 Å². The van der Waals surface area contributed by atoms with Gasteiger partial charge in [-0.15, -0.1) is 0 Å². The molecule has 3 aromatic rings. The molecule has 0 amide bonds. The van der Waals surface area contributed by atoms with Gasteiger partial charge in [-0.3, -0.25) is 0 Å². The van der Waals surface area contributed by atoms with Crippen LogP contribution in [0.15, 0.2) is 54.9 Å². The van der Waals surface area contributed by atoms with E-state index in [0.717, 1.165) is 28.7 Å². The third-order valence-electron chi connectivity index (χ3n) is 4.16. The molecule has 0 fully saturated rings. The normalized spacial score (nSPS) is 12.3. The first-order valence-corrected chi connectivity index (χ1v) is 8.53. The summed E-state index contributed by atoms with van der Waals surface area (Å²) in [4.78, 5) is 8.56. The first-order chi connectivity index (χ1) is 12.7. The standard InChI is InChI=1S/C20H20N4O2/c1-13(2)14-3-5-15(6-4-14)23-19-10-20(22-11-21-19)24-16-7-8-17-18(9-16)26-12-25-17/h3-11,13H,12H2,1-2H3,(H2,21,22,23,24). The van der Waals surface area contributed by atoms with Crippen LogP contribution in [0.2, 0.25) is 0 Å². The highest BCUT2D eigenvalue weighted by molar-refractivity contribution is 5.65. The average molecular weight is 348 g/mol. The molecule has 1 aliphatic heterocycles. The van der Waals surface area contributed by atoms with E-state index in [1.165, 1.54) is 11.9 Å². The highest BCUT2D eigenvalue weighted by Gasteiger charge is 2.13. The van der Waals surface area contributed by atoms with E-state index in [4.69, 9.17) is 9.47 Å². The van der Waals surface area contributed by atoms with Crippen LogP contribution >= 0.6 is 0 Å². The smallest absolute Gasteiger partial charge is 0.231 e. The van der Waals surface area contributed by atoms with Gasteiger partial charge in [0.2, 0.25) is 6.79 Å². The first-order valence-electron chi connectivity index (χ1n) is 8.53. The molecule has 2 N–H and O–H groups in total. The van der Waals surface area contributed by atoms with Crippen LogP contribution in [0.1, 0.15) is 25.3 Å². The Hall–Kier alpha value is -3.28. The number of benzene rings is 2. The molecular weight excluding hydrogens is 328 g/mol. The Kier molecular flexibility index (Phi) is 4.31. The van der Waals surface area contributed by atoms with Gasteiger partial charge in [0.1, 0.15) is 18.0 Å². The van der Waals surface area contributed by atoms with Crippen molar-refractivity contribution in [1.29, 1.82) is 0 Å². The molecule has 0 bridgehead atoms. The Morgan fingerprint density at radius 3 is 2.19 bits per heavy atom. The third kappa shape index (κ3) is 3.54. The van der Waals surface area contributed by atoms with Crippen LogP contribution in [0.3, 0.4) is 0 Å². The predicted molar refractivity (Wildman–Crippen MR) is 102 cm³/mol. The van der Waals surface area contributed by atoms with Crippen molar-refractivity contribution in [3.63, 3.8) is 0 Å². The number of nitrogens with one attached hydrogen (secondary N) is 2. The van der Waals surface area contributed by atoms with Gasteiger partial charge in [0.25, 0.3) is 0 Å². The van der Waals surface area contributed by atoms with Crippen LogP contribution in [0.5, 0.6) is 11.5 Å². The molecule has 0 unspecified atom stereocenters. The zero-order chi connectivity index (χ0) is 17.9. The van der Waals surface area contributed by atoms with Crippen molar-refractivity contribution in [2.75, 3.05) is 17.4 Å². The third-order valence-corrected chi connectivity index (χ3v) is 4.16. The lowest BCUT2D eigenvalue weighted by Gasteiger charge is -2.10. The van der Waals surface area contributed by atoms with Crippen LogP contribution in [-0.4, -0.2) is 16.8 Å². The lowest BCUT2D eigenvalue weighted by atomic mass is 10.0. The first kappa shape index (κ1) is 16.2. The fourth-order valence-electron chi connectivity index (χ4n) is 2.72. The van der Waals surface area contributed by atoms with Crippen molar-refractivity contribution in [3.8, 4) is 11.5 Å². The molecule has 0 aliphatic carbocycles. The molecule has 6 heteroatoms. The molecule has 26 heavy (non-hydrogen) atoms. The van der Waals surface area contributed by atoms with E-state index < -0.39 is 0 Å². The molecule has 0 radical (unpaired) electrons. The van der Waals surface area contributed by atoms with E-state index in [2.05, 4.69) is 58.7 Å². The van der Waals surface area contributed by atoms with Crippen LogP contribution in [0.4, 0.5) is 23.0 Å². The summed E-state index contributed by atoms with van der Waals surface area (Å²) in [5.74, 6) is 3.42. The molecule has 1 aliphatic rings. The Morgan fingerprint density at radius 2 is 1.46 bits per heavy atom. The van der Waals surface area contributed by atoms with Gasteiger partial charge in [-0.05, 0) is 35.7 Å². The SMILES string of the molecule is CC(C)c1ccc(Nc2cc(Nc3ccc4c(c3)OCO4)ncn2)cc1. The largest absolute Gasteiger partial charge is 0.454 e. The minimum Gasteiger partial charge on any atom is -0.454 e. The molecule has 0 spiro atoms. The lowest BCUT2D eigenvalue weighted by Crippen LogP contribution is -1.99. The van der Waals surface area contributed by atoms with Crippen molar-refractivity contribution < 1.29 is 9.47 Å². The summed E-state index contributed by atoms with van der Waals surface area (Å²) in [6.45, 7) is 4.62. The monoisotopic (exact) mass is 348 g/mol. The Bertz CT molecular complexity index is 910. The zero-order valence-electron chi connectivity index (χ0n) is 14.7. The second-order valence-corrected chi connectivity index (χ2v) is 6.38. The van der Waals surface area contributed by atoms with Gasteiger partial charge < -0.3 is 20.1 Å². The summed E-state index contributed by atoms with van der Waals surface area (Å²) < 4.78 is 10.7. The summed E-state index contributed by atoms with van der Waals surface area (Å²) in [7, 11) is 0. The van der Waals surface area contributed by atoms with Crippen molar-refractivity contribution in [3.05, 3.63) is 60.4 Å². The summed E-state index contributed by atoms with van der Waals surface area (Å²) in [5.41, 5.74) is 3.17. The van der Waals surface area contributed by atoms with Crippen LogP contribution in [-0.2, 0) is 0 Å². The quantitative estimate of drug-likeness (QED) is 0.689. The molecule has 2 heterocycles. The minimum atomic E-state index is 0.260. The molecule has 1 aromatic heterocycles. The number of ether oxygens (including phenoxy) is 2. The second-order valence-electron chi connectivity index (χ2n) is 6.38. The maximum absolute atomic E-state index is 5.40. The molecule has 132 valence electrons. The van der Waals surface area contributed by atoms with Crippen molar-refractivity contribution in [2.45, 2.75) is 19.8 Å². The van der Waals surface area contributed by atoms with Gasteiger partial charge in [0, 0.05) is 23.5 Å². The Balaban J connectivity index is 1.48. The van der Waals surface area contributed by atoms with E-state index in [-0.39, 0.29) is 6.79 Å². The highest BCUT2D eigenvalue weighted by Crippen LogP contribution is 2.35. The fourth-order valence-corrected chi connectivity index (χ4v) is 2.72. The van der Waals surface area contributed by atoms with E-state index in [0.29, 0.717) is 11.7 Å². The maximum Gasteiger partial charge on any atom is 0.231 e. The maximum atomic E-state index is 5.40. The van der Waals surface area contributed by atoms with Crippen LogP contribution in [0.25, 0.3) is 0 Å². The summed E-state index contributed by atoms with van der Waals surface area (Å²) in [6, 6.07) is 15.9. The van der Waals surface area contributed by atoms with Gasteiger partial charge in [0.15, 0.2) is 11.5 Å². The molecule has 2 aromatic carbocycles. The van der Waals surface area contributed by atoms with Crippen LogP contribution in [0, 0.1) is 0 Å². The van der Waals surface area contributed by atoms with E-state index in [1.807, 2.05) is 24.3 Å². The molecule has 0 saturated carbocycles. The zero-order valence-corrected chi connectivity index (χ0v) is 14.7. The molecule has 4 rings (SSSR count). The molecule has 0 saturated heterocycles. The molecular formula is C20H20N4O2. The Labute approximate surface area is 152 Å². The van der Waals surface area contributed by atoms with Crippen molar-refractivity contribution in [2.24, 2.45) is 0 Å². The number of aromatic nitrogens is 2. The Morgan fingerprint density at radius 1 is 0.808 bits per heavy atom. The molecule has 0 atom stereocenters. The van der Waals surface area contributed by atoms with Crippen LogP contribution < -0.4 is 20.1 Å². The fraction of sp³-hybridized carbons (Fsp3) is 0.200. The number of nitrogens with zero attached hydrogens (tertiary/aromatic N) is 2. The van der Waals surface area contributed by atoms with Gasteiger partial charge in [0.05, 0.1) is 0 Å². The lowest BCUT2D eigenvalue weighted by molar-refractivity contribution is 0.174. The second kappa shape index (κ2) is 6.92. The number of hydrogen-bond acceptors (Lipinski definition) is 6. The van der Waals surface area contributed by atoms with Gasteiger partial charge in [-0.2, -0.15) is 0 Å².